The van der Waals surface area contributed by atoms with Gasteiger partial charge in [-0.25, -0.2) is 4.98 Å². The van der Waals surface area contributed by atoms with Crippen molar-refractivity contribution in [3.8, 4) is 34.2 Å². The molecular weight excluding hydrogens is 771 g/mol. The lowest BCUT2D eigenvalue weighted by atomic mass is 9.92. The number of benzene rings is 8. The molecule has 0 N–H and O–H groups in total. The van der Waals surface area contributed by atoms with E-state index in [2.05, 4.69) is 197 Å². The molecule has 63 heavy (non-hydrogen) atoms. The second-order valence-corrected chi connectivity index (χ2v) is 16.3. The van der Waals surface area contributed by atoms with E-state index >= 15 is 0 Å². The number of para-hydroxylation sites is 2. The van der Waals surface area contributed by atoms with E-state index in [0.29, 0.717) is 11.8 Å². The van der Waals surface area contributed by atoms with Gasteiger partial charge in [-0.2, -0.15) is 9.97 Å². The Labute approximate surface area is 362 Å². The van der Waals surface area contributed by atoms with Crippen LogP contribution >= 0.6 is 0 Å². The minimum atomic E-state index is -0.0516. The third kappa shape index (κ3) is 5.62. The van der Waals surface area contributed by atoms with Gasteiger partial charge in [-0.3, -0.25) is 4.57 Å². The van der Waals surface area contributed by atoms with Crippen LogP contribution in [0.4, 0.5) is 0 Å². The molecule has 0 saturated carbocycles. The van der Waals surface area contributed by atoms with Crippen LogP contribution in [0, 0.1) is 0 Å². The number of allylic oxidation sites excluding steroid dienone is 4. The first-order valence-electron chi connectivity index (χ1n) is 21.5. The fourth-order valence-electron chi connectivity index (χ4n) is 9.77. The first-order valence-corrected chi connectivity index (χ1v) is 21.5. The number of aromatic nitrogens is 5. The van der Waals surface area contributed by atoms with Gasteiger partial charge in [0.2, 0.25) is 5.95 Å². The maximum atomic E-state index is 7.37. The molecule has 0 saturated heterocycles. The highest BCUT2D eigenvalue weighted by Crippen LogP contribution is 2.44. The van der Waals surface area contributed by atoms with Gasteiger partial charge in [0.05, 0.1) is 16.6 Å². The molecule has 1 unspecified atom stereocenters. The van der Waals surface area contributed by atoms with Gasteiger partial charge in [0.25, 0.3) is 0 Å². The summed E-state index contributed by atoms with van der Waals surface area (Å²) in [6, 6.07) is 66.2. The van der Waals surface area contributed by atoms with Crippen LogP contribution in [0.1, 0.15) is 23.7 Å². The van der Waals surface area contributed by atoms with Gasteiger partial charge in [-0.1, -0.05) is 170 Å². The van der Waals surface area contributed by atoms with Crippen LogP contribution in [-0.2, 0) is 0 Å². The number of hydrogen-bond donors (Lipinski definition) is 0. The van der Waals surface area contributed by atoms with Gasteiger partial charge in [-0.15, -0.1) is 0 Å². The van der Waals surface area contributed by atoms with E-state index < -0.39 is 0 Å². The molecule has 6 heteroatoms. The molecule has 0 aliphatic heterocycles. The second kappa shape index (κ2) is 14.1. The van der Waals surface area contributed by atoms with Crippen molar-refractivity contribution >= 4 is 71.1 Å². The van der Waals surface area contributed by atoms with Gasteiger partial charge in [0, 0.05) is 49.5 Å². The quantitative estimate of drug-likeness (QED) is 0.168. The van der Waals surface area contributed by atoms with Crippen molar-refractivity contribution < 1.29 is 4.42 Å². The molecular formula is C57H37N5O. The summed E-state index contributed by atoms with van der Waals surface area (Å²) in [5, 5.41) is 6.56. The third-order valence-corrected chi connectivity index (χ3v) is 12.7. The summed E-state index contributed by atoms with van der Waals surface area (Å²) in [6.45, 7) is 0. The SMILES string of the molecule is C1=CC(c2ccccc2)=CC(c2nc(-c3ccccc3)nc(-n3c4ccccc4c4ccc5c6ccc7c8ccccc8n(-c8cccc(-c9ccccc9)c8)c7c6oc5c43)n2)C1. The number of hydrogen-bond acceptors (Lipinski definition) is 4. The van der Waals surface area contributed by atoms with E-state index in [1.807, 2.05) is 18.2 Å². The number of furan rings is 1. The van der Waals surface area contributed by atoms with Crippen molar-refractivity contribution in [2.24, 2.45) is 0 Å². The molecule has 0 spiro atoms. The fraction of sp³-hybridized carbons (Fsp3) is 0.0351. The van der Waals surface area contributed by atoms with Gasteiger partial charge in [-0.05, 0) is 65.1 Å². The van der Waals surface area contributed by atoms with E-state index in [1.165, 1.54) is 16.5 Å². The minimum Gasteiger partial charge on any atom is -0.452 e. The molecule has 6 nitrogen and oxygen atoms in total. The summed E-state index contributed by atoms with van der Waals surface area (Å²) in [4.78, 5) is 15.9. The Morgan fingerprint density at radius 2 is 1.00 bits per heavy atom. The molecule has 12 aromatic rings. The molecule has 1 aliphatic rings. The average molecular weight is 808 g/mol. The van der Waals surface area contributed by atoms with Gasteiger partial charge in [0.1, 0.15) is 11.3 Å². The molecule has 296 valence electrons. The van der Waals surface area contributed by atoms with Crippen LogP contribution in [-0.4, -0.2) is 24.1 Å². The lowest BCUT2D eigenvalue weighted by Crippen LogP contribution is -2.12. The highest BCUT2D eigenvalue weighted by atomic mass is 16.3. The zero-order chi connectivity index (χ0) is 41.4. The monoisotopic (exact) mass is 807 g/mol. The molecule has 0 fully saturated rings. The number of nitrogens with zero attached hydrogens (tertiary/aromatic N) is 5. The summed E-state index contributed by atoms with van der Waals surface area (Å²) in [5.74, 6) is 1.86. The molecule has 0 radical (unpaired) electrons. The van der Waals surface area contributed by atoms with Gasteiger partial charge < -0.3 is 8.98 Å². The molecule has 1 aliphatic carbocycles. The minimum absolute atomic E-state index is 0.0516. The predicted octanol–water partition coefficient (Wildman–Crippen LogP) is 14.4. The summed E-state index contributed by atoms with van der Waals surface area (Å²) in [6.07, 6.45) is 7.52. The summed E-state index contributed by atoms with van der Waals surface area (Å²) >= 11 is 0. The largest absolute Gasteiger partial charge is 0.452 e. The maximum Gasteiger partial charge on any atom is 0.238 e. The Morgan fingerprint density at radius 3 is 1.68 bits per heavy atom. The van der Waals surface area contributed by atoms with E-state index in [4.69, 9.17) is 19.4 Å². The maximum absolute atomic E-state index is 7.37. The van der Waals surface area contributed by atoms with Crippen molar-refractivity contribution in [1.82, 2.24) is 24.1 Å². The standard InChI is InChI=1S/C57H37N5O/c1-4-16-36(17-5-1)39-22-14-24-41(34-39)56-58-55(38-20-8-3-9-21-38)59-57(60-56)62-50-29-13-11-27-44(50)46-31-33-48-47-32-30-45-43-26-10-12-28-49(43)61(51(45)53(47)63-54(48)52(46)62)42-25-15-23-40(35-42)37-18-6-2-7-19-37/h1-23,25-35,41H,24H2. The van der Waals surface area contributed by atoms with Crippen LogP contribution in [0.15, 0.2) is 211 Å². The average Bonchev–Trinajstić information content (AvgIpc) is 4.03. The first kappa shape index (κ1) is 35.4. The topological polar surface area (TPSA) is 61.7 Å². The lowest BCUT2D eigenvalue weighted by molar-refractivity contribution is 0.672. The summed E-state index contributed by atoms with van der Waals surface area (Å²) < 4.78 is 11.9. The van der Waals surface area contributed by atoms with Gasteiger partial charge in [0.15, 0.2) is 17.0 Å². The Kier molecular flexibility index (Phi) is 7.93. The molecule has 0 bridgehead atoms. The van der Waals surface area contributed by atoms with Crippen molar-refractivity contribution in [1.29, 1.82) is 0 Å². The van der Waals surface area contributed by atoms with Crippen molar-refractivity contribution in [2.45, 2.75) is 12.3 Å². The first-order chi connectivity index (χ1) is 31.2. The van der Waals surface area contributed by atoms with E-state index in [-0.39, 0.29) is 5.92 Å². The zero-order valence-electron chi connectivity index (χ0n) is 34.1. The van der Waals surface area contributed by atoms with Gasteiger partial charge >= 0.3 is 0 Å². The predicted molar refractivity (Wildman–Crippen MR) is 258 cm³/mol. The number of fused-ring (bicyclic) bond motifs is 11. The van der Waals surface area contributed by atoms with Crippen LogP contribution in [0.5, 0.6) is 0 Å². The fourth-order valence-corrected chi connectivity index (χ4v) is 9.77. The van der Waals surface area contributed by atoms with Crippen molar-refractivity contribution in [3.63, 3.8) is 0 Å². The van der Waals surface area contributed by atoms with Crippen LogP contribution in [0.25, 0.3) is 105 Å². The van der Waals surface area contributed by atoms with E-state index in [1.54, 1.807) is 0 Å². The summed E-state index contributed by atoms with van der Waals surface area (Å²) in [5.41, 5.74) is 12.4. The van der Waals surface area contributed by atoms with Crippen LogP contribution < -0.4 is 0 Å². The lowest BCUT2D eigenvalue weighted by Gasteiger charge is -2.18. The Hall–Kier alpha value is -8.35. The van der Waals surface area contributed by atoms with Crippen LogP contribution in [0.3, 0.4) is 0 Å². The molecule has 13 rings (SSSR count). The van der Waals surface area contributed by atoms with Crippen LogP contribution in [0.2, 0.25) is 0 Å². The zero-order valence-corrected chi connectivity index (χ0v) is 34.1. The molecule has 4 aromatic heterocycles. The molecule has 4 heterocycles. The van der Waals surface area contributed by atoms with Crippen molar-refractivity contribution in [3.05, 3.63) is 218 Å². The molecule has 0 amide bonds. The normalized spacial score (nSPS) is 14.2. The Balaban J connectivity index is 1.09. The molecule has 8 aromatic carbocycles. The second-order valence-electron chi connectivity index (χ2n) is 16.3. The van der Waals surface area contributed by atoms with E-state index in [0.717, 1.165) is 94.8 Å². The van der Waals surface area contributed by atoms with E-state index in [9.17, 15) is 0 Å². The summed E-state index contributed by atoms with van der Waals surface area (Å²) in [7, 11) is 0. The third-order valence-electron chi connectivity index (χ3n) is 12.7. The highest BCUT2D eigenvalue weighted by Gasteiger charge is 2.26. The number of rotatable bonds is 6. The molecule has 1 atom stereocenters. The smallest absolute Gasteiger partial charge is 0.238 e. The highest BCUT2D eigenvalue weighted by molar-refractivity contribution is 6.26. The van der Waals surface area contributed by atoms with Crippen molar-refractivity contribution in [2.75, 3.05) is 0 Å². The Bertz CT molecular complexity index is 3820. The Morgan fingerprint density at radius 1 is 0.444 bits per heavy atom.